The van der Waals surface area contributed by atoms with E-state index < -0.39 is 35.5 Å². The predicted octanol–water partition coefficient (Wildman–Crippen LogP) is 6.33. The van der Waals surface area contributed by atoms with Gasteiger partial charge in [-0.25, -0.2) is 9.59 Å². The number of fused-ring (bicyclic) bond motifs is 5. The number of esters is 2. The second-order valence-electron chi connectivity index (χ2n) is 10.9. The molecule has 4 nitrogen and oxygen atoms in total. The van der Waals surface area contributed by atoms with Gasteiger partial charge in [0.15, 0.2) is 0 Å². The molecular weight excluding hydrogens is 454 g/mol. The van der Waals surface area contributed by atoms with Gasteiger partial charge in [-0.2, -0.15) is 26.3 Å². The van der Waals surface area contributed by atoms with E-state index in [1.54, 1.807) is 6.92 Å². The van der Waals surface area contributed by atoms with Crippen LogP contribution in [0.1, 0.15) is 78.1 Å². The molecule has 0 unspecified atom stereocenters. The van der Waals surface area contributed by atoms with Crippen molar-refractivity contribution in [2.45, 2.75) is 96.2 Å². The van der Waals surface area contributed by atoms with Crippen LogP contribution in [0.3, 0.4) is 0 Å². The van der Waals surface area contributed by atoms with Gasteiger partial charge in [-0.3, -0.25) is 0 Å². The fourth-order valence-corrected chi connectivity index (χ4v) is 8.07. The van der Waals surface area contributed by atoms with Crippen LogP contribution < -0.4 is 0 Å². The maximum absolute atomic E-state index is 13.2. The van der Waals surface area contributed by atoms with Crippen LogP contribution in [0.4, 0.5) is 26.3 Å². The summed E-state index contributed by atoms with van der Waals surface area (Å²) < 4.78 is 89.0. The van der Waals surface area contributed by atoms with Crippen LogP contribution in [-0.4, -0.2) is 30.1 Å². The summed E-state index contributed by atoms with van der Waals surface area (Å²) in [7, 11) is 0. The number of halogens is 6. The van der Waals surface area contributed by atoms with Gasteiger partial charge in [-0.05, 0) is 80.5 Å². The topological polar surface area (TPSA) is 52.6 Å². The predicted molar refractivity (Wildman–Crippen MR) is 103 cm³/mol. The van der Waals surface area contributed by atoms with Gasteiger partial charge in [-0.1, -0.05) is 20.3 Å². The summed E-state index contributed by atoms with van der Waals surface area (Å²) in [5.41, 5.74) is -1.23. The molecule has 0 spiro atoms. The van der Waals surface area contributed by atoms with E-state index in [1.807, 2.05) is 0 Å². The molecule has 4 fully saturated rings. The molecule has 0 aliphatic heterocycles. The van der Waals surface area contributed by atoms with Crippen LogP contribution >= 0.6 is 0 Å². The molecule has 0 aromatic rings. The summed E-state index contributed by atoms with van der Waals surface area (Å²) in [6.07, 6.45) is -4.55. The lowest BCUT2D eigenvalue weighted by molar-refractivity contribution is -0.342. The van der Waals surface area contributed by atoms with Crippen molar-refractivity contribution in [1.82, 2.24) is 0 Å². The molecular formula is C23H30F6O4. The molecule has 33 heavy (non-hydrogen) atoms. The lowest BCUT2D eigenvalue weighted by Gasteiger charge is -2.64. The minimum absolute atomic E-state index is 0.0825. The van der Waals surface area contributed by atoms with E-state index in [4.69, 9.17) is 9.47 Å². The van der Waals surface area contributed by atoms with Crippen molar-refractivity contribution >= 4 is 11.9 Å². The SMILES string of the molecule is C[C@@]12CCC[C@H]1[C@@H]1CC[C@H]3CCCC(OC(=O)C(F)(F)F)(OC(=O)C(F)(F)F)[C@]3(C)[C@H]1CC2. The Labute approximate surface area is 188 Å². The lowest BCUT2D eigenvalue weighted by atomic mass is 9.43. The highest BCUT2D eigenvalue weighted by Crippen LogP contribution is 2.69. The maximum atomic E-state index is 13.2. The number of hydrogen-bond acceptors (Lipinski definition) is 4. The van der Waals surface area contributed by atoms with Crippen molar-refractivity contribution in [3.63, 3.8) is 0 Å². The molecule has 0 aromatic carbocycles. The zero-order valence-corrected chi connectivity index (χ0v) is 18.8. The third kappa shape index (κ3) is 3.83. The van der Waals surface area contributed by atoms with Crippen molar-refractivity contribution in [1.29, 1.82) is 0 Å². The van der Waals surface area contributed by atoms with E-state index >= 15 is 0 Å². The number of carbonyl (C=O) groups is 2. The molecule has 10 heteroatoms. The number of carbonyl (C=O) groups excluding carboxylic acids is 2. The molecule has 0 heterocycles. The summed E-state index contributed by atoms with van der Waals surface area (Å²) in [5.74, 6) is -8.06. The van der Waals surface area contributed by atoms with Crippen molar-refractivity contribution in [2.75, 3.05) is 0 Å². The third-order valence-corrected chi connectivity index (χ3v) is 9.54. The van der Waals surface area contributed by atoms with Crippen LogP contribution in [0, 0.1) is 34.5 Å². The fraction of sp³-hybridized carbons (Fsp3) is 0.913. The van der Waals surface area contributed by atoms with Crippen molar-refractivity contribution in [3.05, 3.63) is 0 Å². The summed E-state index contributed by atoms with van der Waals surface area (Å²) in [6.45, 7) is 3.81. The molecule has 4 rings (SSSR count). The number of ether oxygens (including phenoxy) is 2. The summed E-state index contributed by atoms with van der Waals surface area (Å²) in [6, 6.07) is 0. The first kappa shape index (κ1) is 24.6. The molecule has 4 saturated carbocycles. The summed E-state index contributed by atoms with van der Waals surface area (Å²) in [4.78, 5) is 23.9. The summed E-state index contributed by atoms with van der Waals surface area (Å²) >= 11 is 0. The largest absolute Gasteiger partial charge is 0.491 e. The quantitative estimate of drug-likeness (QED) is 0.261. The third-order valence-electron chi connectivity index (χ3n) is 9.54. The summed E-state index contributed by atoms with van der Waals surface area (Å²) in [5, 5.41) is 0. The number of rotatable bonds is 2. The highest BCUT2D eigenvalue weighted by Gasteiger charge is 2.70. The maximum Gasteiger partial charge on any atom is 0.491 e. The van der Waals surface area contributed by atoms with Crippen molar-refractivity contribution < 1.29 is 45.4 Å². The Bertz CT molecular complexity index is 780. The van der Waals surface area contributed by atoms with Crippen LogP contribution in [-0.2, 0) is 19.1 Å². The lowest BCUT2D eigenvalue weighted by Crippen LogP contribution is -2.66. The van der Waals surface area contributed by atoms with Crippen molar-refractivity contribution in [2.24, 2.45) is 34.5 Å². The number of hydrogen-bond donors (Lipinski definition) is 0. The molecule has 4 aliphatic rings. The Balaban J connectivity index is 1.79. The smallest absolute Gasteiger partial charge is 0.415 e. The van der Waals surface area contributed by atoms with Crippen molar-refractivity contribution in [3.8, 4) is 0 Å². The normalized spacial score (nSPS) is 40.2. The average molecular weight is 484 g/mol. The highest BCUT2D eigenvalue weighted by atomic mass is 19.4. The van der Waals surface area contributed by atoms with E-state index in [0.29, 0.717) is 25.2 Å². The Hall–Kier alpha value is -1.48. The molecule has 0 N–H and O–H groups in total. The van der Waals surface area contributed by atoms with Crippen LogP contribution in [0.15, 0.2) is 0 Å². The van der Waals surface area contributed by atoms with E-state index in [0.717, 1.165) is 32.1 Å². The van der Waals surface area contributed by atoms with Crippen LogP contribution in [0.5, 0.6) is 0 Å². The van der Waals surface area contributed by atoms with E-state index in [-0.39, 0.29) is 36.0 Å². The molecule has 0 amide bonds. The zero-order chi connectivity index (χ0) is 24.4. The molecule has 0 bridgehead atoms. The Morgan fingerprint density at radius 2 is 1.30 bits per heavy atom. The first-order valence-corrected chi connectivity index (χ1v) is 11.7. The molecule has 6 atom stereocenters. The second-order valence-corrected chi connectivity index (χ2v) is 10.9. The fourth-order valence-electron chi connectivity index (χ4n) is 8.07. The molecule has 188 valence electrons. The minimum atomic E-state index is -5.42. The van der Waals surface area contributed by atoms with Gasteiger partial charge in [0.1, 0.15) is 0 Å². The van der Waals surface area contributed by atoms with Crippen LogP contribution in [0.2, 0.25) is 0 Å². The molecule has 0 radical (unpaired) electrons. The van der Waals surface area contributed by atoms with E-state index in [2.05, 4.69) is 6.92 Å². The average Bonchev–Trinajstić information content (AvgIpc) is 3.09. The van der Waals surface area contributed by atoms with Crippen LogP contribution in [0.25, 0.3) is 0 Å². The van der Waals surface area contributed by atoms with Gasteiger partial charge in [0.2, 0.25) is 0 Å². The van der Waals surface area contributed by atoms with Gasteiger partial charge < -0.3 is 9.47 Å². The minimum Gasteiger partial charge on any atom is -0.415 e. The Kier molecular flexibility index (Phi) is 5.80. The van der Waals surface area contributed by atoms with E-state index in [9.17, 15) is 35.9 Å². The molecule has 0 aromatic heterocycles. The highest BCUT2D eigenvalue weighted by molar-refractivity contribution is 5.78. The molecule has 0 saturated heterocycles. The monoisotopic (exact) mass is 484 g/mol. The Morgan fingerprint density at radius 1 is 0.727 bits per heavy atom. The van der Waals surface area contributed by atoms with Gasteiger partial charge in [0, 0.05) is 6.42 Å². The number of alkyl halides is 6. The first-order valence-electron chi connectivity index (χ1n) is 11.7. The van der Waals surface area contributed by atoms with Gasteiger partial charge >= 0.3 is 24.3 Å². The molecule has 4 aliphatic carbocycles. The van der Waals surface area contributed by atoms with Gasteiger partial charge in [0.25, 0.3) is 5.79 Å². The van der Waals surface area contributed by atoms with Gasteiger partial charge in [0.05, 0.1) is 5.41 Å². The Morgan fingerprint density at radius 3 is 1.88 bits per heavy atom. The standard InChI is InChI=1S/C23H30F6O4/c1-19-10-4-6-15(19)14-8-7-13-5-3-11-21(32-17(30)22(24,25)26,33-18(31)23(27,28)29)20(13,2)16(14)9-12-19/h13-16H,3-12H2,1-2H3/t13-,14+,15+,16+,19+,20+/m1/s1. The first-order chi connectivity index (χ1) is 15.1. The zero-order valence-electron chi connectivity index (χ0n) is 18.8. The van der Waals surface area contributed by atoms with E-state index in [1.165, 1.54) is 0 Å². The second kappa shape index (κ2) is 7.77. The van der Waals surface area contributed by atoms with Gasteiger partial charge in [-0.15, -0.1) is 0 Å².